The summed E-state index contributed by atoms with van der Waals surface area (Å²) in [6.07, 6.45) is 0. The minimum atomic E-state index is -1.93. The Morgan fingerprint density at radius 2 is 1.40 bits per heavy atom. The van der Waals surface area contributed by atoms with Crippen molar-refractivity contribution < 1.29 is 13.8 Å². The highest BCUT2D eigenvalue weighted by Crippen LogP contribution is 2.31. The average Bonchev–Trinajstić information content (AvgIpc) is 2.59. The second-order valence-electron chi connectivity index (χ2n) is 2.24. The summed E-state index contributed by atoms with van der Waals surface area (Å²) in [7, 11) is -1.93. The van der Waals surface area contributed by atoms with Gasteiger partial charge in [0.2, 0.25) is 0 Å². The normalized spacial score (nSPS) is 24.8. The van der Waals surface area contributed by atoms with Crippen LogP contribution < -0.4 is 0 Å². The molecule has 0 aromatic rings. The van der Waals surface area contributed by atoms with E-state index in [2.05, 4.69) is 0 Å². The van der Waals surface area contributed by atoms with E-state index in [9.17, 15) is 4.57 Å². The van der Waals surface area contributed by atoms with Crippen LogP contribution in [0.2, 0.25) is 0 Å². The topological polar surface area (TPSA) is 41.6 Å². The van der Waals surface area contributed by atoms with E-state index < -0.39 is 8.25 Å². The van der Waals surface area contributed by atoms with Crippen molar-refractivity contribution in [1.29, 1.82) is 0 Å². The second kappa shape index (κ2) is 2.53. The average molecular weight is 163 g/mol. The van der Waals surface area contributed by atoms with Gasteiger partial charge >= 0.3 is 8.25 Å². The first kappa shape index (κ1) is 6.64. The van der Waals surface area contributed by atoms with Crippen molar-refractivity contribution in [3.05, 3.63) is 0 Å². The highest BCUT2D eigenvalue weighted by atomic mass is 31.1. The molecule has 5 nitrogen and oxygen atoms in total. The summed E-state index contributed by atoms with van der Waals surface area (Å²) in [6, 6.07) is 0. The molecule has 2 aliphatic heterocycles. The molecule has 0 unspecified atom stereocenters. The first-order valence-corrected chi connectivity index (χ1v) is 4.27. The number of hydrogen-bond acceptors (Lipinski definition) is 5. The lowest BCUT2D eigenvalue weighted by atomic mass is 11.0. The molecule has 0 N–H and O–H groups in total. The van der Waals surface area contributed by atoms with Gasteiger partial charge in [-0.1, -0.05) is 0 Å². The zero-order chi connectivity index (χ0) is 6.97. The van der Waals surface area contributed by atoms with Crippen LogP contribution in [0.3, 0.4) is 0 Å². The van der Waals surface area contributed by atoms with Gasteiger partial charge in [0.1, 0.15) is 0 Å². The molecule has 0 bridgehead atoms. The number of nitrogens with zero attached hydrogens (tertiary/aromatic N) is 2. The maximum atomic E-state index is 10.8. The van der Waals surface area contributed by atoms with E-state index in [0.717, 1.165) is 26.2 Å². The highest BCUT2D eigenvalue weighted by Gasteiger charge is 2.38. The third kappa shape index (κ3) is 1.97. The molecule has 2 aliphatic rings. The van der Waals surface area contributed by atoms with Crippen molar-refractivity contribution in [2.45, 2.75) is 0 Å². The minimum absolute atomic E-state index is 0.866. The molecular weight excluding hydrogens is 155 g/mol. The van der Waals surface area contributed by atoms with Crippen LogP contribution in [0.15, 0.2) is 0 Å². The van der Waals surface area contributed by atoms with Gasteiger partial charge in [0.15, 0.2) is 0 Å². The molecule has 0 saturated carbocycles. The fourth-order valence-electron chi connectivity index (χ4n) is 0.448. The van der Waals surface area contributed by atoms with Crippen molar-refractivity contribution in [2.24, 2.45) is 0 Å². The summed E-state index contributed by atoms with van der Waals surface area (Å²) in [4.78, 5) is 0. The lowest BCUT2D eigenvalue weighted by Gasteiger charge is -1.85. The van der Waals surface area contributed by atoms with Crippen molar-refractivity contribution in [1.82, 2.24) is 10.1 Å². The molecule has 2 rings (SSSR count). The van der Waals surface area contributed by atoms with E-state index in [-0.39, 0.29) is 0 Å². The van der Waals surface area contributed by atoms with Gasteiger partial charge in [0.05, 0.1) is 0 Å². The lowest BCUT2D eigenvalue weighted by molar-refractivity contribution is -0.000999. The Hall–Kier alpha value is -0.0600. The van der Waals surface area contributed by atoms with E-state index in [0.29, 0.717) is 0 Å². The Kier molecular flexibility index (Phi) is 1.68. The first-order chi connectivity index (χ1) is 4.84. The number of hydrogen-bond donors (Lipinski definition) is 0. The first-order valence-electron chi connectivity index (χ1n) is 3.18. The van der Waals surface area contributed by atoms with E-state index in [1.54, 1.807) is 10.1 Å². The summed E-state index contributed by atoms with van der Waals surface area (Å²) in [5, 5.41) is 3.20. The minimum Gasteiger partial charge on any atom is -0.133 e. The van der Waals surface area contributed by atoms with E-state index in [1.807, 2.05) is 0 Å². The Labute approximate surface area is 59.4 Å². The standard InChI is InChI=1S/C4H8N2O3P/c7-10(8-5-1-2-5)9-6-3-4-6/h1-4H2/q+1. The second-order valence-corrected chi connectivity index (χ2v) is 3.02. The van der Waals surface area contributed by atoms with Crippen molar-refractivity contribution in [2.75, 3.05) is 26.2 Å². The van der Waals surface area contributed by atoms with Crippen LogP contribution in [0.1, 0.15) is 0 Å². The SMILES string of the molecule is O=[P+](ON1CC1)ON1CC1. The van der Waals surface area contributed by atoms with Gasteiger partial charge in [-0.2, -0.15) is 0 Å². The fraction of sp³-hybridized carbons (Fsp3) is 1.00. The largest absolute Gasteiger partial charge is 0.735 e. The van der Waals surface area contributed by atoms with Crippen molar-refractivity contribution in [3.63, 3.8) is 0 Å². The predicted molar refractivity (Wildman–Crippen MR) is 32.9 cm³/mol. The van der Waals surface area contributed by atoms with Gasteiger partial charge in [-0.15, -0.1) is 10.1 Å². The molecule has 0 aromatic heterocycles. The zero-order valence-electron chi connectivity index (χ0n) is 5.39. The van der Waals surface area contributed by atoms with Gasteiger partial charge in [-0.25, -0.2) is 0 Å². The summed E-state index contributed by atoms with van der Waals surface area (Å²) in [6.45, 7) is 3.46. The fourth-order valence-corrected chi connectivity index (χ4v) is 1.18. The van der Waals surface area contributed by atoms with Gasteiger partial charge in [-0.05, 0) is 9.25 Å². The maximum absolute atomic E-state index is 10.8. The van der Waals surface area contributed by atoms with Gasteiger partial charge in [0, 0.05) is 30.7 Å². The molecule has 0 spiro atoms. The number of rotatable bonds is 4. The van der Waals surface area contributed by atoms with E-state index in [1.165, 1.54) is 0 Å². The Bertz CT molecular complexity index is 141. The molecule has 0 aromatic carbocycles. The van der Waals surface area contributed by atoms with Crippen LogP contribution in [0.25, 0.3) is 0 Å². The predicted octanol–water partition coefficient (Wildman–Crippen LogP) is 0.138. The molecule has 10 heavy (non-hydrogen) atoms. The molecule has 56 valence electrons. The van der Waals surface area contributed by atoms with Crippen LogP contribution in [-0.2, 0) is 13.8 Å². The molecule has 2 heterocycles. The molecule has 2 fully saturated rings. The van der Waals surface area contributed by atoms with Gasteiger partial charge < -0.3 is 0 Å². The van der Waals surface area contributed by atoms with E-state index >= 15 is 0 Å². The van der Waals surface area contributed by atoms with Crippen molar-refractivity contribution >= 4 is 8.25 Å². The summed E-state index contributed by atoms with van der Waals surface area (Å²) < 4.78 is 20.3. The molecule has 0 aliphatic carbocycles. The third-order valence-electron chi connectivity index (χ3n) is 1.18. The van der Waals surface area contributed by atoms with Crippen LogP contribution >= 0.6 is 8.25 Å². The monoisotopic (exact) mass is 163 g/mol. The highest BCUT2D eigenvalue weighted by molar-refractivity contribution is 7.33. The third-order valence-corrected chi connectivity index (χ3v) is 1.91. The molecule has 0 atom stereocenters. The number of hydroxylamine groups is 4. The quantitative estimate of drug-likeness (QED) is 0.435. The summed E-state index contributed by atoms with van der Waals surface area (Å²) >= 11 is 0. The molecule has 6 heteroatoms. The van der Waals surface area contributed by atoms with Crippen molar-refractivity contribution in [3.8, 4) is 0 Å². The Morgan fingerprint density at radius 1 is 1.00 bits per heavy atom. The van der Waals surface area contributed by atoms with Crippen LogP contribution in [0, 0.1) is 0 Å². The summed E-state index contributed by atoms with van der Waals surface area (Å²) in [5.41, 5.74) is 0. The molecule has 0 amide bonds. The zero-order valence-corrected chi connectivity index (χ0v) is 6.29. The lowest BCUT2D eigenvalue weighted by Crippen LogP contribution is -1.95. The smallest absolute Gasteiger partial charge is 0.133 e. The van der Waals surface area contributed by atoms with Gasteiger partial charge in [-0.3, -0.25) is 0 Å². The molecule has 0 radical (unpaired) electrons. The summed E-state index contributed by atoms with van der Waals surface area (Å²) in [5.74, 6) is 0. The Morgan fingerprint density at radius 3 is 1.70 bits per heavy atom. The molecular formula is C4H8N2O3P+. The van der Waals surface area contributed by atoms with Gasteiger partial charge in [0.25, 0.3) is 0 Å². The maximum Gasteiger partial charge on any atom is 0.735 e. The van der Waals surface area contributed by atoms with Crippen LogP contribution in [0.5, 0.6) is 0 Å². The Balaban J connectivity index is 1.64. The van der Waals surface area contributed by atoms with Crippen LogP contribution in [0.4, 0.5) is 0 Å². The van der Waals surface area contributed by atoms with Crippen LogP contribution in [-0.4, -0.2) is 36.3 Å². The molecule has 2 saturated heterocycles. The van der Waals surface area contributed by atoms with E-state index in [4.69, 9.17) is 9.25 Å².